The van der Waals surface area contributed by atoms with Gasteiger partial charge in [0, 0.05) is 12.5 Å². The van der Waals surface area contributed by atoms with Crippen LogP contribution in [0.4, 0.5) is 0 Å². The molecule has 1 atom stereocenters. The molecule has 0 aliphatic heterocycles. The van der Waals surface area contributed by atoms with Crippen LogP contribution >= 0.6 is 11.5 Å². The molecule has 0 saturated heterocycles. The summed E-state index contributed by atoms with van der Waals surface area (Å²) in [4.78, 5) is 1.04. The molecule has 12 heavy (non-hydrogen) atoms. The van der Waals surface area contributed by atoms with Crippen molar-refractivity contribution in [3.63, 3.8) is 0 Å². The van der Waals surface area contributed by atoms with Crippen LogP contribution in [0.2, 0.25) is 0 Å². The van der Waals surface area contributed by atoms with E-state index in [1.54, 1.807) is 6.20 Å². The van der Waals surface area contributed by atoms with E-state index in [0.29, 0.717) is 0 Å². The molecule has 1 heterocycles. The van der Waals surface area contributed by atoms with Crippen molar-refractivity contribution in [2.75, 3.05) is 0 Å². The van der Waals surface area contributed by atoms with Gasteiger partial charge < -0.3 is 5.73 Å². The van der Waals surface area contributed by atoms with Crippen molar-refractivity contribution in [1.29, 1.82) is 0 Å². The molecule has 1 unspecified atom stereocenters. The van der Waals surface area contributed by atoms with Gasteiger partial charge in [0.25, 0.3) is 0 Å². The number of nitrogens with two attached hydrogens (primary N) is 1. The van der Waals surface area contributed by atoms with Crippen LogP contribution in [-0.4, -0.2) is 9.59 Å². The van der Waals surface area contributed by atoms with E-state index in [0.717, 1.165) is 17.7 Å². The molecule has 0 saturated carbocycles. The minimum atomic E-state index is 0.0471. The summed E-state index contributed by atoms with van der Waals surface area (Å²) in [5, 5.41) is 3.72. The number of hydrogen-bond donors (Lipinski definition) is 1. The first-order chi connectivity index (χ1) is 5.84. The first kappa shape index (κ1) is 9.17. The lowest BCUT2D eigenvalue weighted by Gasteiger charge is -2.03. The van der Waals surface area contributed by atoms with Gasteiger partial charge in [0.05, 0.1) is 11.1 Å². The van der Waals surface area contributed by atoms with Crippen molar-refractivity contribution in [3.8, 4) is 11.8 Å². The zero-order valence-electron chi connectivity index (χ0n) is 6.95. The molecule has 0 aromatic carbocycles. The summed E-state index contributed by atoms with van der Waals surface area (Å²) in [5.74, 6) is 5.81. The summed E-state index contributed by atoms with van der Waals surface area (Å²) in [6, 6.07) is 0.0471. The van der Waals surface area contributed by atoms with E-state index in [1.165, 1.54) is 11.5 Å². The molecule has 0 amide bonds. The van der Waals surface area contributed by atoms with Crippen LogP contribution in [0.25, 0.3) is 0 Å². The molecule has 64 valence electrons. The van der Waals surface area contributed by atoms with Gasteiger partial charge in [-0.1, -0.05) is 4.49 Å². The van der Waals surface area contributed by atoms with E-state index < -0.39 is 0 Å². The van der Waals surface area contributed by atoms with E-state index >= 15 is 0 Å². The lowest BCUT2D eigenvalue weighted by molar-refractivity contribution is 0.678. The summed E-state index contributed by atoms with van der Waals surface area (Å²) in [5.41, 5.74) is 5.84. The van der Waals surface area contributed by atoms with Crippen LogP contribution in [0.15, 0.2) is 6.20 Å². The molecule has 0 aliphatic rings. The van der Waals surface area contributed by atoms with E-state index in [2.05, 4.69) is 21.4 Å². The Bertz CT molecular complexity index is 270. The number of rotatable bonds is 3. The Morgan fingerprint density at radius 3 is 3.17 bits per heavy atom. The van der Waals surface area contributed by atoms with Crippen LogP contribution in [0.3, 0.4) is 0 Å². The molecule has 0 radical (unpaired) electrons. The minimum absolute atomic E-state index is 0.0471. The molecule has 1 aromatic rings. The van der Waals surface area contributed by atoms with E-state index in [1.807, 2.05) is 6.92 Å². The van der Waals surface area contributed by atoms with Crippen LogP contribution in [-0.2, 0) is 0 Å². The number of aromatic nitrogens is 2. The third-order valence-corrected chi connectivity index (χ3v) is 2.30. The van der Waals surface area contributed by atoms with Gasteiger partial charge in [-0.05, 0) is 24.9 Å². The van der Waals surface area contributed by atoms with Gasteiger partial charge in [0.15, 0.2) is 0 Å². The Morgan fingerprint density at radius 2 is 2.58 bits per heavy atom. The normalized spacial score (nSPS) is 11.8. The van der Waals surface area contributed by atoms with Gasteiger partial charge >= 0.3 is 0 Å². The second-order valence-electron chi connectivity index (χ2n) is 2.39. The van der Waals surface area contributed by atoms with Crippen molar-refractivity contribution < 1.29 is 0 Å². The van der Waals surface area contributed by atoms with E-state index in [-0.39, 0.29) is 6.04 Å². The van der Waals surface area contributed by atoms with Crippen LogP contribution in [0.1, 0.15) is 30.7 Å². The second kappa shape index (κ2) is 4.86. The SMILES string of the molecule is CC#CCCC(N)c1cnns1. The Hall–Kier alpha value is -0.920. The molecule has 1 rings (SSSR count). The van der Waals surface area contributed by atoms with Crippen LogP contribution in [0, 0.1) is 11.8 Å². The van der Waals surface area contributed by atoms with Crippen molar-refractivity contribution >= 4 is 11.5 Å². The molecule has 3 nitrogen and oxygen atoms in total. The van der Waals surface area contributed by atoms with Gasteiger partial charge in [-0.15, -0.1) is 16.9 Å². The molecule has 4 heteroatoms. The molecule has 0 bridgehead atoms. The highest BCUT2D eigenvalue weighted by atomic mass is 32.1. The van der Waals surface area contributed by atoms with Crippen LogP contribution in [0.5, 0.6) is 0 Å². The smallest absolute Gasteiger partial charge is 0.0669 e. The molecular weight excluding hydrogens is 170 g/mol. The Balaban J connectivity index is 2.37. The third kappa shape index (κ3) is 2.61. The Labute approximate surface area is 76.1 Å². The zero-order valence-corrected chi connectivity index (χ0v) is 7.77. The average Bonchev–Trinajstić information content (AvgIpc) is 2.56. The Kier molecular flexibility index (Phi) is 3.71. The number of nitrogens with zero attached hydrogens (tertiary/aromatic N) is 2. The van der Waals surface area contributed by atoms with Crippen LogP contribution < -0.4 is 5.73 Å². The summed E-state index contributed by atoms with van der Waals surface area (Å²) >= 11 is 1.35. The third-order valence-electron chi connectivity index (χ3n) is 1.50. The van der Waals surface area contributed by atoms with Crippen molar-refractivity contribution in [2.24, 2.45) is 5.73 Å². The first-order valence-corrected chi connectivity index (χ1v) is 4.54. The summed E-state index contributed by atoms with van der Waals surface area (Å²) in [6.45, 7) is 1.83. The second-order valence-corrected chi connectivity index (χ2v) is 3.21. The predicted molar refractivity (Wildman–Crippen MR) is 49.5 cm³/mol. The molecule has 0 aliphatic carbocycles. The lowest BCUT2D eigenvalue weighted by atomic mass is 10.1. The summed E-state index contributed by atoms with van der Waals surface area (Å²) < 4.78 is 3.75. The fourth-order valence-electron chi connectivity index (χ4n) is 0.833. The molecule has 1 aromatic heterocycles. The molecular formula is C8H11N3S. The van der Waals surface area contributed by atoms with Gasteiger partial charge in [0.2, 0.25) is 0 Å². The largest absolute Gasteiger partial charge is 0.323 e. The van der Waals surface area contributed by atoms with Crippen molar-refractivity contribution in [1.82, 2.24) is 9.59 Å². The monoisotopic (exact) mass is 181 g/mol. The van der Waals surface area contributed by atoms with E-state index in [4.69, 9.17) is 5.73 Å². The topological polar surface area (TPSA) is 51.8 Å². The molecule has 0 fully saturated rings. The molecule has 0 spiro atoms. The van der Waals surface area contributed by atoms with E-state index in [9.17, 15) is 0 Å². The fraction of sp³-hybridized carbons (Fsp3) is 0.500. The maximum absolute atomic E-state index is 5.84. The average molecular weight is 181 g/mol. The quantitative estimate of drug-likeness (QED) is 0.716. The van der Waals surface area contributed by atoms with Gasteiger partial charge in [-0.2, -0.15) is 0 Å². The highest BCUT2D eigenvalue weighted by Gasteiger charge is 2.06. The highest BCUT2D eigenvalue weighted by Crippen LogP contribution is 2.16. The fourth-order valence-corrected chi connectivity index (χ4v) is 1.37. The zero-order chi connectivity index (χ0) is 8.81. The van der Waals surface area contributed by atoms with Gasteiger partial charge in [-0.3, -0.25) is 0 Å². The van der Waals surface area contributed by atoms with Gasteiger partial charge in [0.1, 0.15) is 0 Å². The molecule has 2 N–H and O–H groups in total. The standard InChI is InChI=1S/C8H11N3S/c1-2-3-4-5-7(9)8-6-10-11-12-8/h6-7H,4-5,9H2,1H3. The maximum atomic E-state index is 5.84. The summed E-state index contributed by atoms with van der Waals surface area (Å²) in [6.07, 6.45) is 3.44. The maximum Gasteiger partial charge on any atom is 0.0669 e. The van der Waals surface area contributed by atoms with Crippen molar-refractivity contribution in [3.05, 3.63) is 11.1 Å². The highest BCUT2D eigenvalue weighted by molar-refractivity contribution is 7.05. The first-order valence-electron chi connectivity index (χ1n) is 3.77. The lowest BCUT2D eigenvalue weighted by Crippen LogP contribution is -2.07. The predicted octanol–water partition coefficient (Wildman–Crippen LogP) is 1.34. The minimum Gasteiger partial charge on any atom is -0.323 e. The Morgan fingerprint density at radius 1 is 1.75 bits per heavy atom. The number of hydrogen-bond acceptors (Lipinski definition) is 4. The van der Waals surface area contributed by atoms with Gasteiger partial charge in [-0.25, -0.2) is 0 Å². The summed E-state index contributed by atoms with van der Waals surface area (Å²) in [7, 11) is 0. The van der Waals surface area contributed by atoms with Crippen molar-refractivity contribution in [2.45, 2.75) is 25.8 Å².